The van der Waals surface area contributed by atoms with E-state index in [2.05, 4.69) is 46.0 Å². The van der Waals surface area contributed by atoms with Gasteiger partial charge in [-0.3, -0.25) is 0 Å². The number of rotatable bonds is 4. The minimum atomic E-state index is 0.479. The molecule has 0 spiro atoms. The number of nitrogens with one attached hydrogen (secondary N) is 1. The van der Waals surface area contributed by atoms with Crippen LogP contribution in [-0.4, -0.2) is 12.6 Å². The van der Waals surface area contributed by atoms with Crippen LogP contribution in [0.15, 0.2) is 11.6 Å². The highest BCUT2D eigenvalue weighted by molar-refractivity contribution is 5.26. The van der Waals surface area contributed by atoms with Crippen LogP contribution in [0.3, 0.4) is 0 Å². The van der Waals surface area contributed by atoms with E-state index < -0.39 is 0 Å². The summed E-state index contributed by atoms with van der Waals surface area (Å²) in [6, 6.07) is 0.623. The lowest BCUT2D eigenvalue weighted by atomic mass is 9.93. The van der Waals surface area contributed by atoms with Crippen molar-refractivity contribution in [3.8, 4) is 0 Å². The van der Waals surface area contributed by atoms with Gasteiger partial charge in [0, 0.05) is 6.04 Å². The summed E-state index contributed by atoms with van der Waals surface area (Å²) in [4.78, 5) is 0. The Balaban J connectivity index is 2.16. The van der Waals surface area contributed by atoms with E-state index in [0.29, 0.717) is 16.9 Å². The monoisotopic (exact) mass is 249 g/mol. The van der Waals surface area contributed by atoms with E-state index in [1.807, 2.05) is 0 Å². The molecule has 0 aromatic heterocycles. The molecule has 0 bridgehead atoms. The molecule has 1 fully saturated rings. The van der Waals surface area contributed by atoms with Crippen molar-refractivity contribution in [2.24, 2.45) is 16.7 Å². The Morgan fingerprint density at radius 2 is 1.83 bits per heavy atom. The minimum absolute atomic E-state index is 0.479. The Morgan fingerprint density at radius 1 is 1.17 bits per heavy atom. The first-order valence-electron chi connectivity index (χ1n) is 7.85. The number of hydrogen-bond acceptors (Lipinski definition) is 1. The van der Waals surface area contributed by atoms with Crippen LogP contribution in [0, 0.1) is 16.7 Å². The fourth-order valence-corrected chi connectivity index (χ4v) is 4.09. The highest BCUT2D eigenvalue weighted by Crippen LogP contribution is 2.70. The third-order valence-electron chi connectivity index (χ3n) is 5.87. The Hall–Kier alpha value is -0.300. The first kappa shape index (κ1) is 14.1. The molecule has 2 aliphatic carbocycles. The van der Waals surface area contributed by atoms with Crippen molar-refractivity contribution < 1.29 is 0 Å². The summed E-state index contributed by atoms with van der Waals surface area (Å²) in [7, 11) is 0. The lowest BCUT2D eigenvalue weighted by Gasteiger charge is -2.23. The molecule has 1 heteroatoms. The van der Waals surface area contributed by atoms with Crippen LogP contribution in [0.4, 0.5) is 0 Å². The summed E-state index contributed by atoms with van der Waals surface area (Å²) in [5, 5.41) is 3.78. The average Bonchev–Trinajstić information content (AvgIpc) is 2.84. The molecule has 104 valence electrons. The van der Waals surface area contributed by atoms with E-state index in [4.69, 9.17) is 0 Å². The van der Waals surface area contributed by atoms with Crippen LogP contribution in [0.5, 0.6) is 0 Å². The zero-order chi connectivity index (χ0) is 13.4. The molecule has 0 amide bonds. The van der Waals surface area contributed by atoms with Crippen LogP contribution in [0.1, 0.15) is 66.7 Å². The zero-order valence-electron chi connectivity index (χ0n) is 13.0. The predicted molar refractivity (Wildman–Crippen MR) is 79.7 cm³/mol. The molecule has 1 N–H and O–H groups in total. The average molecular weight is 249 g/mol. The van der Waals surface area contributed by atoms with E-state index in [0.717, 1.165) is 12.5 Å². The third-order valence-corrected chi connectivity index (χ3v) is 5.87. The Kier molecular flexibility index (Phi) is 3.92. The van der Waals surface area contributed by atoms with Crippen LogP contribution in [0.2, 0.25) is 0 Å². The molecule has 1 saturated carbocycles. The van der Waals surface area contributed by atoms with Gasteiger partial charge in [0.25, 0.3) is 0 Å². The van der Waals surface area contributed by atoms with Gasteiger partial charge >= 0.3 is 0 Å². The second-order valence-electron chi connectivity index (χ2n) is 7.33. The van der Waals surface area contributed by atoms with E-state index in [-0.39, 0.29) is 0 Å². The smallest absolute Gasteiger partial charge is 0.0318 e. The van der Waals surface area contributed by atoms with E-state index >= 15 is 0 Å². The quantitative estimate of drug-likeness (QED) is 0.721. The number of likely N-dealkylation sites (N-methyl/N-ethyl adjacent to an activating group) is 1. The topological polar surface area (TPSA) is 12.0 Å². The molecule has 1 unspecified atom stereocenters. The number of hydrogen-bond donors (Lipinski definition) is 1. The van der Waals surface area contributed by atoms with Crippen molar-refractivity contribution in [1.29, 1.82) is 0 Å². The second kappa shape index (κ2) is 5.00. The summed E-state index contributed by atoms with van der Waals surface area (Å²) >= 11 is 0. The SMILES string of the molecule is CCNC(C1=CCCCCC1)C1C(C)(C)C1(C)C. The summed E-state index contributed by atoms with van der Waals surface area (Å²) in [6.45, 7) is 13.1. The molecule has 0 aliphatic heterocycles. The maximum absolute atomic E-state index is 3.78. The fourth-order valence-electron chi connectivity index (χ4n) is 4.09. The van der Waals surface area contributed by atoms with Gasteiger partial charge in [-0.15, -0.1) is 0 Å². The van der Waals surface area contributed by atoms with Gasteiger partial charge in [0.1, 0.15) is 0 Å². The van der Waals surface area contributed by atoms with Gasteiger partial charge in [-0.05, 0) is 49.0 Å². The molecule has 1 nitrogen and oxygen atoms in total. The largest absolute Gasteiger partial charge is 0.310 e. The van der Waals surface area contributed by atoms with Crippen LogP contribution < -0.4 is 5.32 Å². The van der Waals surface area contributed by atoms with Crippen LogP contribution in [-0.2, 0) is 0 Å². The Bertz CT molecular complexity index is 311. The molecule has 0 aromatic carbocycles. The number of allylic oxidation sites excluding steroid dienone is 1. The van der Waals surface area contributed by atoms with Crippen molar-refractivity contribution >= 4 is 0 Å². The Morgan fingerprint density at radius 3 is 2.39 bits per heavy atom. The molecule has 18 heavy (non-hydrogen) atoms. The predicted octanol–water partition coefficient (Wildman–Crippen LogP) is 4.54. The maximum atomic E-state index is 3.78. The first-order valence-corrected chi connectivity index (χ1v) is 7.85. The van der Waals surface area contributed by atoms with Crippen molar-refractivity contribution in [2.45, 2.75) is 72.8 Å². The molecule has 0 heterocycles. The highest BCUT2D eigenvalue weighted by Gasteiger charge is 2.67. The van der Waals surface area contributed by atoms with Crippen molar-refractivity contribution in [3.05, 3.63) is 11.6 Å². The maximum Gasteiger partial charge on any atom is 0.0318 e. The zero-order valence-corrected chi connectivity index (χ0v) is 13.0. The standard InChI is InChI=1S/C17H31N/c1-6-18-14(13-11-9-7-8-10-12-13)15-16(2,3)17(15,4)5/h11,14-15,18H,6-10,12H2,1-5H3. The van der Waals surface area contributed by atoms with Gasteiger partial charge in [0.05, 0.1) is 0 Å². The van der Waals surface area contributed by atoms with Crippen molar-refractivity contribution in [2.75, 3.05) is 6.54 Å². The van der Waals surface area contributed by atoms with E-state index in [1.54, 1.807) is 5.57 Å². The van der Waals surface area contributed by atoms with E-state index in [1.165, 1.54) is 32.1 Å². The summed E-state index contributed by atoms with van der Waals surface area (Å²) in [5.41, 5.74) is 2.66. The molecular formula is C17H31N. The van der Waals surface area contributed by atoms with Gasteiger partial charge in [-0.25, -0.2) is 0 Å². The molecule has 2 rings (SSSR count). The van der Waals surface area contributed by atoms with Gasteiger partial charge in [-0.2, -0.15) is 0 Å². The molecule has 0 aromatic rings. The van der Waals surface area contributed by atoms with Crippen LogP contribution in [0.25, 0.3) is 0 Å². The molecule has 0 radical (unpaired) electrons. The third kappa shape index (κ3) is 2.27. The summed E-state index contributed by atoms with van der Waals surface area (Å²) in [5.74, 6) is 0.800. The van der Waals surface area contributed by atoms with Gasteiger partial charge < -0.3 is 5.32 Å². The fraction of sp³-hybridized carbons (Fsp3) is 0.882. The van der Waals surface area contributed by atoms with Gasteiger partial charge in [0.15, 0.2) is 0 Å². The molecule has 1 atom stereocenters. The van der Waals surface area contributed by atoms with Crippen molar-refractivity contribution in [3.63, 3.8) is 0 Å². The summed E-state index contributed by atoms with van der Waals surface area (Å²) in [6.07, 6.45) is 9.35. The first-order chi connectivity index (χ1) is 8.43. The molecule has 0 saturated heterocycles. The molecular weight excluding hydrogens is 218 g/mol. The minimum Gasteiger partial charge on any atom is -0.310 e. The molecule has 2 aliphatic rings. The van der Waals surface area contributed by atoms with Gasteiger partial charge in [0.2, 0.25) is 0 Å². The van der Waals surface area contributed by atoms with E-state index in [9.17, 15) is 0 Å². The summed E-state index contributed by atoms with van der Waals surface area (Å²) < 4.78 is 0. The normalized spacial score (nSPS) is 28.4. The lowest BCUT2D eigenvalue weighted by molar-refractivity contribution is 0.439. The van der Waals surface area contributed by atoms with Crippen LogP contribution >= 0.6 is 0 Å². The second-order valence-corrected chi connectivity index (χ2v) is 7.33. The van der Waals surface area contributed by atoms with Gasteiger partial charge in [-0.1, -0.05) is 52.7 Å². The Labute approximate surface area is 113 Å². The highest BCUT2D eigenvalue weighted by atomic mass is 15.0. The van der Waals surface area contributed by atoms with Crippen molar-refractivity contribution in [1.82, 2.24) is 5.32 Å². The lowest BCUT2D eigenvalue weighted by Crippen LogP contribution is -2.35.